The van der Waals surface area contributed by atoms with Crippen molar-refractivity contribution in [1.29, 1.82) is 0 Å². The lowest BCUT2D eigenvalue weighted by molar-refractivity contribution is -0.134. The van der Waals surface area contributed by atoms with Gasteiger partial charge in [-0.2, -0.15) is 0 Å². The number of methoxy groups -OCH3 is 2. The van der Waals surface area contributed by atoms with Gasteiger partial charge in [-0.05, 0) is 12.1 Å². The van der Waals surface area contributed by atoms with Crippen molar-refractivity contribution in [3.63, 3.8) is 0 Å². The summed E-state index contributed by atoms with van der Waals surface area (Å²) in [6.45, 7) is 0. The number of halogens is 1. The largest absolute Gasteiger partial charge is 0.466 e. The van der Waals surface area contributed by atoms with Gasteiger partial charge in [0.25, 0.3) is 0 Å². The van der Waals surface area contributed by atoms with Gasteiger partial charge in [0.1, 0.15) is 5.15 Å². The Bertz CT molecular complexity index is 471. The third kappa shape index (κ3) is 3.57. The number of hydrogen-bond donors (Lipinski definition) is 0. The summed E-state index contributed by atoms with van der Waals surface area (Å²) in [5, 5.41) is 0.179. The third-order valence-electron chi connectivity index (χ3n) is 1.89. The molecule has 0 unspecified atom stereocenters. The highest BCUT2D eigenvalue weighted by Crippen LogP contribution is 2.16. The van der Waals surface area contributed by atoms with Crippen molar-refractivity contribution < 1.29 is 19.1 Å². The molecule has 6 heteroatoms. The van der Waals surface area contributed by atoms with Crippen LogP contribution < -0.4 is 0 Å². The van der Waals surface area contributed by atoms with Gasteiger partial charge in [0.05, 0.1) is 19.8 Å². The van der Waals surface area contributed by atoms with E-state index < -0.39 is 11.9 Å². The summed E-state index contributed by atoms with van der Waals surface area (Å²) in [7, 11) is 2.53. The molecule has 0 saturated heterocycles. The average Bonchev–Trinajstić information content (AvgIpc) is 2.36. The molecule has 0 amide bonds. The Hall–Kier alpha value is -1.88. The molecule has 17 heavy (non-hydrogen) atoms. The van der Waals surface area contributed by atoms with Crippen molar-refractivity contribution in [2.45, 2.75) is 0 Å². The minimum atomic E-state index is -0.526. The maximum Gasteiger partial charge on any atom is 0.339 e. The summed E-state index contributed by atoms with van der Waals surface area (Å²) in [6.07, 6.45) is 3.89. The Balaban J connectivity index is 3.02. The predicted octanol–water partition coefficient (Wildman–Crippen LogP) is 1.71. The fourth-order valence-electron chi connectivity index (χ4n) is 1.04. The Morgan fingerprint density at radius 1 is 1.35 bits per heavy atom. The summed E-state index contributed by atoms with van der Waals surface area (Å²) < 4.78 is 8.97. The Kier molecular flexibility index (Phi) is 4.66. The van der Waals surface area contributed by atoms with Crippen LogP contribution >= 0.6 is 11.6 Å². The molecule has 0 N–H and O–H groups in total. The van der Waals surface area contributed by atoms with E-state index in [4.69, 9.17) is 11.6 Å². The van der Waals surface area contributed by atoms with E-state index in [-0.39, 0.29) is 10.7 Å². The van der Waals surface area contributed by atoms with Gasteiger partial charge >= 0.3 is 11.9 Å². The van der Waals surface area contributed by atoms with Gasteiger partial charge in [-0.3, -0.25) is 0 Å². The predicted molar refractivity (Wildman–Crippen MR) is 61.6 cm³/mol. The Morgan fingerprint density at radius 2 is 2.06 bits per heavy atom. The van der Waals surface area contributed by atoms with Crippen LogP contribution in [0.5, 0.6) is 0 Å². The van der Waals surface area contributed by atoms with Crippen LogP contribution in [-0.4, -0.2) is 31.1 Å². The van der Waals surface area contributed by atoms with Crippen molar-refractivity contribution in [3.05, 3.63) is 34.6 Å². The highest BCUT2D eigenvalue weighted by atomic mass is 35.5. The van der Waals surface area contributed by atoms with Crippen LogP contribution in [-0.2, 0) is 14.3 Å². The average molecular weight is 256 g/mol. The van der Waals surface area contributed by atoms with E-state index in [1.54, 1.807) is 0 Å². The zero-order valence-corrected chi connectivity index (χ0v) is 10.0. The number of nitrogens with zero attached hydrogens (tertiary/aromatic N) is 1. The fraction of sp³-hybridized carbons (Fsp3) is 0.182. The van der Waals surface area contributed by atoms with Crippen LogP contribution in [0.1, 0.15) is 15.9 Å². The number of hydrogen-bond acceptors (Lipinski definition) is 5. The lowest BCUT2D eigenvalue weighted by Gasteiger charge is -2.01. The van der Waals surface area contributed by atoms with Gasteiger partial charge in [0, 0.05) is 17.8 Å². The minimum Gasteiger partial charge on any atom is -0.466 e. The maximum absolute atomic E-state index is 11.3. The first-order valence-corrected chi connectivity index (χ1v) is 4.96. The lowest BCUT2D eigenvalue weighted by Crippen LogP contribution is -2.02. The monoisotopic (exact) mass is 255 g/mol. The smallest absolute Gasteiger partial charge is 0.339 e. The van der Waals surface area contributed by atoms with Crippen LogP contribution in [0.2, 0.25) is 5.15 Å². The van der Waals surface area contributed by atoms with E-state index in [2.05, 4.69) is 14.5 Å². The Labute approximate surface area is 103 Å². The summed E-state index contributed by atoms with van der Waals surface area (Å²) in [6, 6.07) is 1.47. The van der Waals surface area contributed by atoms with E-state index in [0.29, 0.717) is 5.56 Å². The van der Waals surface area contributed by atoms with E-state index in [1.165, 1.54) is 38.6 Å². The second-order valence-electron chi connectivity index (χ2n) is 2.95. The van der Waals surface area contributed by atoms with E-state index in [0.717, 1.165) is 0 Å². The molecule has 5 nitrogen and oxygen atoms in total. The van der Waals surface area contributed by atoms with Gasteiger partial charge in [-0.15, -0.1) is 0 Å². The van der Waals surface area contributed by atoms with E-state index in [1.807, 2.05) is 0 Å². The van der Waals surface area contributed by atoms with Gasteiger partial charge in [-0.25, -0.2) is 14.6 Å². The molecular weight excluding hydrogens is 246 g/mol. The first-order chi connectivity index (χ1) is 8.08. The molecule has 1 heterocycles. The molecule has 0 aliphatic heterocycles. The SMILES string of the molecule is COC(=O)C=Cc1cc(C(=O)OC)cnc1Cl. The fourth-order valence-corrected chi connectivity index (χ4v) is 1.20. The van der Waals surface area contributed by atoms with Crippen LogP contribution in [0.3, 0.4) is 0 Å². The number of pyridine rings is 1. The van der Waals surface area contributed by atoms with Crippen molar-refractivity contribution in [2.24, 2.45) is 0 Å². The second kappa shape index (κ2) is 6.00. The van der Waals surface area contributed by atoms with Crippen molar-refractivity contribution in [1.82, 2.24) is 4.98 Å². The molecule has 1 aromatic heterocycles. The molecule has 0 aromatic carbocycles. The second-order valence-corrected chi connectivity index (χ2v) is 3.31. The molecule has 0 aliphatic rings. The van der Waals surface area contributed by atoms with E-state index >= 15 is 0 Å². The summed E-state index contributed by atoms with van der Waals surface area (Å²) in [5.74, 6) is -1.05. The lowest BCUT2D eigenvalue weighted by atomic mass is 10.2. The standard InChI is InChI=1S/C11H10ClNO4/c1-16-9(14)4-3-7-5-8(11(15)17-2)6-13-10(7)12/h3-6H,1-2H3. The molecule has 0 aliphatic carbocycles. The summed E-state index contributed by atoms with van der Waals surface area (Å²) in [5.41, 5.74) is 0.682. The number of carbonyl (C=O) groups is 2. The zero-order valence-electron chi connectivity index (χ0n) is 9.27. The number of carbonyl (C=O) groups excluding carboxylic acids is 2. The molecular formula is C11H10ClNO4. The maximum atomic E-state index is 11.3. The van der Waals surface area contributed by atoms with Crippen LogP contribution in [0, 0.1) is 0 Å². The highest BCUT2D eigenvalue weighted by Gasteiger charge is 2.08. The Morgan fingerprint density at radius 3 is 2.65 bits per heavy atom. The van der Waals surface area contributed by atoms with Crippen LogP contribution in [0.4, 0.5) is 0 Å². The molecule has 1 aromatic rings. The third-order valence-corrected chi connectivity index (χ3v) is 2.20. The van der Waals surface area contributed by atoms with Crippen molar-refractivity contribution >= 4 is 29.6 Å². The topological polar surface area (TPSA) is 65.5 Å². The van der Waals surface area contributed by atoms with Gasteiger partial charge in [0.2, 0.25) is 0 Å². The number of ether oxygens (including phenoxy) is 2. The molecule has 0 fully saturated rings. The van der Waals surface area contributed by atoms with Crippen LogP contribution in [0.25, 0.3) is 6.08 Å². The van der Waals surface area contributed by atoms with E-state index in [9.17, 15) is 9.59 Å². The first-order valence-electron chi connectivity index (χ1n) is 4.58. The van der Waals surface area contributed by atoms with Crippen molar-refractivity contribution in [3.8, 4) is 0 Å². The van der Waals surface area contributed by atoms with Gasteiger partial charge in [0.15, 0.2) is 0 Å². The summed E-state index contributed by atoms with van der Waals surface area (Å²) >= 11 is 5.80. The number of aromatic nitrogens is 1. The van der Waals surface area contributed by atoms with Crippen molar-refractivity contribution in [2.75, 3.05) is 14.2 Å². The quantitative estimate of drug-likeness (QED) is 0.467. The number of rotatable bonds is 3. The molecule has 1 rings (SSSR count). The van der Waals surface area contributed by atoms with Gasteiger partial charge < -0.3 is 9.47 Å². The molecule has 90 valence electrons. The number of esters is 2. The summed E-state index contributed by atoms with van der Waals surface area (Å²) in [4.78, 5) is 26.0. The molecule has 0 saturated carbocycles. The molecule has 0 radical (unpaired) electrons. The van der Waals surface area contributed by atoms with Crippen LogP contribution in [0.15, 0.2) is 18.3 Å². The molecule has 0 atom stereocenters. The zero-order chi connectivity index (χ0) is 12.8. The first kappa shape index (κ1) is 13.2. The van der Waals surface area contributed by atoms with Gasteiger partial charge in [-0.1, -0.05) is 11.6 Å². The highest BCUT2D eigenvalue weighted by molar-refractivity contribution is 6.31. The normalized spacial score (nSPS) is 10.3. The minimum absolute atomic E-state index is 0.179. The molecule has 0 bridgehead atoms. The molecule has 0 spiro atoms.